The van der Waals surface area contributed by atoms with Crippen LogP contribution in [0, 0.1) is 11.7 Å². The highest BCUT2D eigenvalue weighted by Crippen LogP contribution is 2.22. The summed E-state index contributed by atoms with van der Waals surface area (Å²) < 4.78 is 13.9. The van der Waals surface area contributed by atoms with Gasteiger partial charge in [0.05, 0.1) is 0 Å². The fourth-order valence-corrected chi connectivity index (χ4v) is 2.85. The molecule has 2 nitrogen and oxygen atoms in total. The lowest BCUT2D eigenvalue weighted by Gasteiger charge is -2.32. The Kier molecular flexibility index (Phi) is 4.88. The molecule has 4 heteroatoms. The van der Waals surface area contributed by atoms with Gasteiger partial charge in [-0.2, -0.15) is 0 Å². The van der Waals surface area contributed by atoms with E-state index in [1.54, 1.807) is 12.1 Å². The van der Waals surface area contributed by atoms with Crippen LogP contribution in [0.3, 0.4) is 0 Å². The summed E-state index contributed by atoms with van der Waals surface area (Å²) in [6, 6.07) is 4.89. The predicted molar refractivity (Wildman–Crippen MR) is 80.6 cm³/mol. The van der Waals surface area contributed by atoms with E-state index in [-0.39, 0.29) is 5.82 Å². The Bertz CT molecular complexity index is 461. The lowest BCUT2D eigenvalue weighted by molar-refractivity contribution is 0.163. The largest absolute Gasteiger partial charge is 0.389 e. The lowest BCUT2D eigenvalue weighted by atomic mass is 9.95. The van der Waals surface area contributed by atoms with Crippen molar-refractivity contribution in [3.05, 3.63) is 35.1 Å². The summed E-state index contributed by atoms with van der Waals surface area (Å²) in [5.41, 5.74) is 7.05. The Labute approximate surface area is 119 Å². The summed E-state index contributed by atoms with van der Waals surface area (Å²) in [6.45, 7) is 4.99. The zero-order valence-electron chi connectivity index (χ0n) is 11.4. The van der Waals surface area contributed by atoms with Crippen LogP contribution in [0.2, 0.25) is 0 Å². The molecule has 19 heavy (non-hydrogen) atoms. The second-order valence-electron chi connectivity index (χ2n) is 5.32. The highest BCUT2D eigenvalue weighted by molar-refractivity contribution is 7.80. The molecule has 2 rings (SSSR count). The van der Waals surface area contributed by atoms with Gasteiger partial charge >= 0.3 is 0 Å². The van der Waals surface area contributed by atoms with E-state index >= 15 is 0 Å². The van der Waals surface area contributed by atoms with Crippen LogP contribution in [0.4, 0.5) is 4.39 Å². The Morgan fingerprint density at radius 1 is 1.53 bits per heavy atom. The molecule has 1 aliphatic heterocycles. The number of thiocarbonyl (C=S) groups is 1. The quantitative estimate of drug-likeness (QED) is 0.859. The smallest absolute Gasteiger partial charge is 0.127 e. The van der Waals surface area contributed by atoms with E-state index in [0.29, 0.717) is 17.1 Å². The predicted octanol–water partition coefficient (Wildman–Crippen LogP) is 3.08. The van der Waals surface area contributed by atoms with Gasteiger partial charge in [-0.1, -0.05) is 25.6 Å². The third-order valence-electron chi connectivity index (χ3n) is 3.90. The maximum Gasteiger partial charge on any atom is 0.127 e. The van der Waals surface area contributed by atoms with Crippen LogP contribution in [0.1, 0.15) is 37.3 Å². The SMILES string of the molecule is CCC1CCCN(Cc2cc(C(N)=S)ccc2F)C1. The Morgan fingerprint density at radius 3 is 3.00 bits per heavy atom. The van der Waals surface area contributed by atoms with Crippen LogP contribution in [0.15, 0.2) is 18.2 Å². The van der Waals surface area contributed by atoms with Gasteiger partial charge in [0.25, 0.3) is 0 Å². The fourth-order valence-electron chi connectivity index (χ4n) is 2.72. The fraction of sp³-hybridized carbons (Fsp3) is 0.533. The molecule has 0 bridgehead atoms. The van der Waals surface area contributed by atoms with Gasteiger partial charge in [-0.05, 0) is 43.5 Å². The van der Waals surface area contributed by atoms with Crippen LogP contribution < -0.4 is 5.73 Å². The summed E-state index contributed by atoms with van der Waals surface area (Å²) in [5.74, 6) is 0.578. The molecule has 1 saturated heterocycles. The second-order valence-corrected chi connectivity index (χ2v) is 5.76. The summed E-state index contributed by atoms with van der Waals surface area (Å²) in [6.07, 6.45) is 3.70. The molecule has 0 radical (unpaired) electrons. The topological polar surface area (TPSA) is 29.3 Å². The van der Waals surface area contributed by atoms with E-state index < -0.39 is 0 Å². The number of likely N-dealkylation sites (tertiary alicyclic amines) is 1. The van der Waals surface area contributed by atoms with Crippen LogP contribution in [-0.4, -0.2) is 23.0 Å². The molecular formula is C15H21FN2S. The second kappa shape index (κ2) is 6.44. The van der Waals surface area contributed by atoms with Crippen molar-refractivity contribution in [1.29, 1.82) is 0 Å². The third-order valence-corrected chi connectivity index (χ3v) is 4.14. The van der Waals surface area contributed by atoms with E-state index in [1.165, 1.54) is 25.3 Å². The summed E-state index contributed by atoms with van der Waals surface area (Å²) >= 11 is 4.95. The molecule has 0 aliphatic carbocycles. The molecule has 2 N–H and O–H groups in total. The Balaban J connectivity index is 2.09. The minimum absolute atomic E-state index is 0.168. The first-order valence-corrected chi connectivity index (χ1v) is 7.31. The first-order valence-electron chi connectivity index (χ1n) is 6.90. The van der Waals surface area contributed by atoms with Crippen LogP contribution >= 0.6 is 12.2 Å². The average Bonchev–Trinajstić information content (AvgIpc) is 2.41. The molecule has 1 unspecified atom stereocenters. The maximum absolute atomic E-state index is 13.9. The van der Waals surface area contributed by atoms with Crippen molar-refractivity contribution in [1.82, 2.24) is 4.90 Å². The molecular weight excluding hydrogens is 259 g/mol. The number of hydrogen-bond donors (Lipinski definition) is 1. The van der Waals surface area contributed by atoms with Crippen LogP contribution in [0.5, 0.6) is 0 Å². The first kappa shape index (κ1) is 14.4. The van der Waals surface area contributed by atoms with Crippen molar-refractivity contribution >= 4 is 17.2 Å². The number of piperidine rings is 1. The zero-order chi connectivity index (χ0) is 13.8. The molecule has 1 aliphatic rings. The molecule has 0 amide bonds. The number of nitrogens with zero attached hydrogens (tertiary/aromatic N) is 1. The van der Waals surface area contributed by atoms with Gasteiger partial charge in [-0.15, -0.1) is 0 Å². The minimum Gasteiger partial charge on any atom is -0.389 e. The zero-order valence-corrected chi connectivity index (χ0v) is 12.2. The molecule has 0 aromatic heterocycles. The Morgan fingerprint density at radius 2 is 2.32 bits per heavy atom. The lowest BCUT2D eigenvalue weighted by Crippen LogP contribution is -2.34. The molecule has 0 saturated carbocycles. The van der Waals surface area contributed by atoms with Crippen molar-refractivity contribution in [2.45, 2.75) is 32.7 Å². The van der Waals surface area contributed by atoms with Crippen molar-refractivity contribution in [3.63, 3.8) is 0 Å². The third kappa shape index (κ3) is 3.74. The summed E-state index contributed by atoms with van der Waals surface area (Å²) in [4.78, 5) is 2.66. The van der Waals surface area contributed by atoms with Crippen LogP contribution in [-0.2, 0) is 6.54 Å². The molecule has 1 fully saturated rings. The molecule has 1 aromatic carbocycles. The normalized spacial score (nSPS) is 20.4. The van der Waals surface area contributed by atoms with E-state index in [1.807, 2.05) is 0 Å². The van der Waals surface area contributed by atoms with Gasteiger partial charge in [0.2, 0.25) is 0 Å². The van der Waals surface area contributed by atoms with Gasteiger partial charge in [0, 0.05) is 24.2 Å². The Hall–Kier alpha value is -1.00. The van der Waals surface area contributed by atoms with Crippen LogP contribution in [0.25, 0.3) is 0 Å². The number of nitrogens with two attached hydrogens (primary N) is 1. The molecule has 0 spiro atoms. The number of rotatable bonds is 4. The monoisotopic (exact) mass is 280 g/mol. The maximum atomic E-state index is 13.9. The number of hydrogen-bond acceptors (Lipinski definition) is 2. The van der Waals surface area contributed by atoms with E-state index in [4.69, 9.17) is 18.0 Å². The van der Waals surface area contributed by atoms with Crippen molar-refractivity contribution < 1.29 is 4.39 Å². The average molecular weight is 280 g/mol. The van der Waals surface area contributed by atoms with E-state index in [2.05, 4.69) is 11.8 Å². The highest BCUT2D eigenvalue weighted by atomic mass is 32.1. The summed E-state index contributed by atoms with van der Waals surface area (Å²) in [5, 5.41) is 0. The number of benzene rings is 1. The van der Waals surface area contributed by atoms with Crippen molar-refractivity contribution in [3.8, 4) is 0 Å². The molecule has 104 valence electrons. The minimum atomic E-state index is -0.168. The van der Waals surface area contributed by atoms with Gasteiger partial charge in [0.15, 0.2) is 0 Å². The first-order chi connectivity index (χ1) is 9.10. The van der Waals surface area contributed by atoms with Crippen molar-refractivity contribution in [2.24, 2.45) is 11.7 Å². The van der Waals surface area contributed by atoms with E-state index in [9.17, 15) is 4.39 Å². The summed E-state index contributed by atoms with van der Waals surface area (Å²) in [7, 11) is 0. The van der Waals surface area contributed by atoms with Gasteiger partial charge in [0.1, 0.15) is 10.8 Å². The molecule has 1 atom stereocenters. The highest BCUT2D eigenvalue weighted by Gasteiger charge is 2.19. The van der Waals surface area contributed by atoms with Gasteiger partial charge in [-0.25, -0.2) is 4.39 Å². The number of halogens is 1. The van der Waals surface area contributed by atoms with Gasteiger partial charge in [-0.3, -0.25) is 4.90 Å². The van der Waals surface area contributed by atoms with Gasteiger partial charge < -0.3 is 5.73 Å². The molecule has 1 heterocycles. The van der Waals surface area contributed by atoms with E-state index in [0.717, 1.165) is 24.6 Å². The van der Waals surface area contributed by atoms with Crippen molar-refractivity contribution in [2.75, 3.05) is 13.1 Å². The standard InChI is InChI=1S/C15H21FN2S/c1-2-11-4-3-7-18(9-11)10-13-8-12(15(17)19)5-6-14(13)16/h5-6,8,11H,2-4,7,9-10H2,1H3,(H2,17,19). The molecule has 1 aromatic rings.